The zero-order chi connectivity index (χ0) is 16.1. The van der Waals surface area contributed by atoms with Gasteiger partial charge in [0.05, 0.1) is 5.54 Å². The summed E-state index contributed by atoms with van der Waals surface area (Å²) in [7, 11) is 0. The second-order valence-electron chi connectivity index (χ2n) is 6.69. The van der Waals surface area contributed by atoms with E-state index in [0.29, 0.717) is 0 Å². The average molecular weight is 351 g/mol. The summed E-state index contributed by atoms with van der Waals surface area (Å²) in [5.74, 6) is 0. The SMILES string of the molecule is CCCCNCC1=C(c2ccc(Cl)cc2)SNC12CCCCC2. The van der Waals surface area contributed by atoms with Gasteiger partial charge in [0, 0.05) is 16.5 Å². The quantitative estimate of drug-likeness (QED) is 0.531. The third-order valence-corrected chi connectivity index (χ3v) is 6.45. The summed E-state index contributed by atoms with van der Waals surface area (Å²) in [5, 5.41) is 4.48. The number of unbranched alkanes of at least 4 members (excludes halogenated alkanes) is 1. The van der Waals surface area contributed by atoms with E-state index in [2.05, 4.69) is 29.1 Å². The zero-order valence-electron chi connectivity index (χ0n) is 14.0. The fraction of sp³-hybridized carbons (Fsp3) is 0.579. The van der Waals surface area contributed by atoms with Crippen LogP contribution in [0.25, 0.3) is 4.91 Å². The molecule has 0 radical (unpaired) electrons. The number of hydrogen-bond acceptors (Lipinski definition) is 3. The molecule has 1 saturated carbocycles. The largest absolute Gasteiger partial charge is 0.313 e. The van der Waals surface area contributed by atoms with Gasteiger partial charge in [-0.1, -0.05) is 56.3 Å². The normalized spacial score (nSPS) is 20.4. The van der Waals surface area contributed by atoms with Crippen LogP contribution in [-0.4, -0.2) is 18.6 Å². The Morgan fingerprint density at radius 1 is 1.17 bits per heavy atom. The van der Waals surface area contributed by atoms with E-state index in [1.54, 1.807) is 5.57 Å². The number of nitrogens with one attached hydrogen (secondary N) is 2. The highest BCUT2D eigenvalue weighted by Gasteiger charge is 2.41. The Kier molecular flexibility index (Phi) is 6.08. The molecular weight excluding hydrogens is 324 g/mol. The van der Waals surface area contributed by atoms with Crippen molar-refractivity contribution in [3.05, 3.63) is 40.4 Å². The number of hydrogen-bond donors (Lipinski definition) is 2. The first-order chi connectivity index (χ1) is 11.2. The van der Waals surface area contributed by atoms with Crippen molar-refractivity contribution < 1.29 is 0 Å². The van der Waals surface area contributed by atoms with E-state index >= 15 is 0 Å². The van der Waals surface area contributed by atoms with Crippen LogP contribution in [0.5, 0.6) is 0 Å². The van der Waals surface area contributed by atoms with Gasteiger partial charge in [-0.05, 0) is 61.0 Å². The molecule has 1 fully saturated rings. The summed E-state index contributed by atoms with van der Waals surface area (Å²) in [6.07, 6.45) is 9.07. The molecule has 2 N–H and O–H groups in total. The molecule has 23 heavy (non-hydrogen) atoms. The predicted octanol–water partition coefficient (Wildman–Crippen LogP) is 5.40. The second-order valence-corrected chi connectivity index (χ2v) is 7.94. The summed E-state index contributed by atoms with van der Waals surface area (Å²) in [4.78, 5) is 1.41. The molecule has 1 aromatic carbocycles. The highest BCUT2D eigenvalue weighted by atomic mass is 35.5. The number of halogens is 1. The van der Waals surface area contributed by atoms with Crippen LogP contribution >= 0.6 is 23.5 Å². The van der Waals surface area contributed by atoms with E-state index in [4.69, 9.17) is 11.6 Å². The van der Waals surface area contributed by atoms with Crippen LogP contribution in [0.3, 0.4) is 0 Å². The molecule has 3 rings (SSSR count). The maximum atomic E-state index is 6.06. The molecular formula is C19H27ClN2S. The first-order valence-corrected chi connectivity index (χ1v) is 10.1. The summed E-state index contributed by atoms with van der Waals surface area (Å²) in [5.41, 5.74) is 3.07. The summed E-state index contributed by atoms with van der Waals surface area (Å²) in [6.45, 7) is 4.35. The molecule has 1 spiro atoms. The summed E-state index contributed by atoms with van der Waals surface area (Å²) >= 11 is 7.89. The second kappa shape index (κ2) is 8.06. The summed E-state index contributed by atoms with van der Waals surface area (Å²) in [6, 6.07) is 8.30. The van der Waals surface area contributed by atoms with Gasteiger partial charge >= 0.3 is 0 Å². The highest BCUT2D eigenvalue weighted by Crippen LogP contribution is 2.48. The van der Waals surface area contributed by atoms with Gasteiger partial charge in [0.25, 0.3) is 0 Å². The minimum absolute atomic E-state index is 0.205. The van der Waals surface area contributed by atoms with Crippen molar-refractivity contribution in [3.8, 4) is 0 Å². The number of benzene rings is 1. The molecule has 1 aliphatic heterocycles. The van der Waals surface area contributed by atoms with Crippen LogP contribution in [0.2, 0.25) is 5.02 Å². The van der Waals surface area contributed by atoms with E-state index in [1.807, 2.05) is 24.1 Å². The molecule has 1 heterocycles. The standard InChI is InChI=1S/C19H27ClN2S/c1-2-3-13-21-14-17-18(15-7-9-16(20)10-8-15)23-22-19(17)11-5-4-6-12-19/h7-10,21-22H,2-6,11-14H2,1H3. The fourth-order valence-electron chi connectivity index (χ4n) is 3.65. The molecule has 1 aromatic rings. The molecule has 0 saturated heterocycles. The minimum Gasteiger partial charge on any atom is -0.313 e. The lowest BCUT2D eigenvalue weighted by Crippen LogP contribution is -2.44. The highest BCUT2D eigenvalue weighted by molar-refractivity contribution is 8.07. The zero-order valence-corrected chi connectivity index (χ0v) is 15.5. The lowest BCUT2D eigenvalue weighted by atomic mass is 9.76. The van der Waals surface area contributed by atoms with Crippen molar-refractivity contribution in [1.82, 2.24) is 10.0 Å². The molecule has 4 heteroatoms. The minimum atomic E-state index is 0.205. The Labute approximate surface area is 149 Å². The average Bonchev–Trinajstić information content (AvgIpc) is 2.91. The smallest absolute Gasteiger partial charge is 0.0521 e. The van der Waals surface area contributed by atoms with Crippen molar-refractivity contribution in [2.75, 3.05) is 13.1 Å². The Bertz CT molecular complexity index is 547. The predicted molar refractivity (Wildman–Crippen MR) is 103 cm³/mol. The van der Waals surface area contributed by atoms with E-state index < -0.39 is 0 Å². The van der Waals surface area contributed by atoms with E-state index in [9.17, 15) is 0 Å². The topological polar surface area (TPSA) is 24.1 Å². The molecule has 0 aromatic heterocycles. The third kappa shape index (κ3) is 3.96. The first kappa shape index (κ1) is 17.3. The van der Waals surface area contributed by atoms with E-state index in [-0.39, 0.29) is 5.54 Å². The van der Waals surface area contributed by atoms with E-state index in [1.165, 1.54) is 55.4 Å². The van der Waals surface area contributed by atoms with Gasteiger partial charge in [0.15, 0.2) is 0 Å². The fourth-order valence-corrected chi connectivity index (χ4v) is 5.04. The van der Waals surface area contributed by atoms with Crippen molar-refractivity contribution in [1.29, 1.82) is 0 Å². The maximum absolute atomic E-state index is 6.06. The molecule has 2 nitrogen and oxygen atoms in total. The van der Waals surface area contributed by atoms with Gasteiger partial charge in [-0.15, -0.1) is 0 Å². The molecule has 2 aliphatic rings. The Morgan fingerprint density at radius 3 is 2.61 bits per heavy atom. The van der Waals surface area contributed by atoms with Crippen LogP contribution in [-0.2, 0) is 0 Å². The summed E-state index contributed by atoms with van der Waals surface area (Å²) < 4.78 is 3.80. The van der Waals surface area contributed by atoms with Gasteiger partial charge in [-0.3, -0.25) is 0 Å². The lowest BCUT2D eigenvalue weighted by Gasteiger charge is -2.36. The van der Waals surface area contributed by atoms with Crippen LogP contribution in [0, 0.1) is 0 Å². The van der Waals surface area contributed by atoms with Gasteiger partial charge in [0.2, 0.25) is 0 Å². The van der Waals surface area contributed by atoms with Crippen molar-refractivity contribution >= 4 is 28.5 Å². The lowest BCUT2D eigenvalue weighted by molar-refractivity contribution is 0.320. The van der Waals surface area contributed by atoms with Gasteiger partial charge in [0.1, 0.15) is 0 Å². The Balaban J connectivity index is 1.86. The van der Waals surface area contributed by atoms with Gasteiger partial charge < -0.3 is 5.32 Å². The molecule has 0 atom stereocenters. The van der Waals surface area contributed by atoms with Gasteiger partial charge in [-0.25, -0.2) is 4.72 Å². The van der Waals surface area contributed by atoms with E-state index in [0.717, 1.165) is 18.1 Å². The Hall–Kier alpha value is -0.480. The van der Waals surface area contributed by atoms with Gasteiger partial charge in [-0.2, -0.15) is 0 Å². The molecule has 1 aliphatic carbocycles. The third-order valence-electron chi connectivity index (χ3n) is 5.02. The van der Waals surface area contributed by atoms with Crippen molar-refractivity contribution in [2.45, 2.75) is 57.4 Å². The number of rotatable bonds is 6. The van der Waals surface area contributed by atoms with Crippen molar-refractivity contribution in [3.63, 3.8) is 0 Å². The molecule has 0 amide bonds. The van der Waals surface area contributed by atoms with Crippen LogP contribution in [0.15, 0.2) is 29.8 Å². The molecule has 0 unspecified atom stereocenters. The van der Waals surface area contributed by atoms with Crippen LogP contribution in [0.4, 0.5) is 0 Å². The van der Waals surface area contributed by atoms with Crippen LogP contribution in [0.1, 0.15) is 57.4 Å². The van der Waals surface area contributed by atoms with Crippen molar-refractivity contribution in [2.24, 2.45) is 0 Å². The van der Waals surface area contributed by atoms with Crippen LogP contribution < -0.4 is 10.0 Å². The Morgan fingerprint density at radius 2 is 1.91 bits per heavy atom. The monoisotopic (exact) mass is 350 g/mol. The molecule has 0 bridgehead atoms. The molecule has 126 valence electrons. The first-order valence-electron chi connectivity index (χ1n) is 8.89. The maximum Gasteiger partial charge on any atom is 0.0521 e.